The van der Waals surface area contributed by atoms with Crippen LogP contribution < -0.4 is 10.3 Å². The van der Waals surface area contributed by atoms with E-state index < -0.39 is 0 Å². The highest BCUT2D eigenvalue weighted by atomic mass is 16.5. The molecule has 0 radical (unpaired) electrons. The third-order valence-electron chi connectivity index (χ3n) is 1.98. The number of nitrogens with zero attached hydrogens (tertiary/aromatic N) is 2. The van der Waals surface area contributed by atoms with Crippen molar-refractivity contribution in [1.29, 1.82) is 0 Å². The van der Waals surface area contributed by atoms with Gasteiger partial charge >= 0.3 is 0 Å². The highest BCUT2D eigenvalue weighted by molar-refractivity contribution is 5.12. The summed E-state index contributed by atoms with van der Waals surface area (Å²) in [6.07, 6.45) is 0. The van der Waals surface area contributed by atoms with Crippen molar-refractivity contribution in [1.82, 2.24) is 9.55 Å². The quantitative estimate of drug-likeness (QED) is 0.730. The number of methoxy groups -OCH3 is 1. The molecule has 0 fully saturated rings. The molecule has 0 atom stereocenters. The van der Waals surface area contributed by atoms with Crippen molar-refractivity contribution in [2.24, 2.45) is 5.41 Å². The fourth-order valence-electron chi connectivity index (χ4n) is 1.28. The van der Waals surface area contributed by atoms with Gasteiger partial charge in [-0.05, 0) is 27.7 Å². The summed E-state index contributed by atoms with van der Waals surface area (Å²) in [5, 5.41) is 0. The Morgan fingerprint density at radius 3 is 2.65 bits per heavy atom. The second kappa shape index (κ2) is 5.05. The first kappa shape index (κ1) is 13.3. The molecule has 1 aromatic heterocycles. The van der Waals surface area contributed by atoms with Gasteiger partial charge in [0.1, 0.15) is 0 Å². The maximum absolute atomic E-state index is 11.8. The molecule has 4 heteroatoms. The van der Waals surface area contributed by atoms with E-state index in [1.165, 1.54) is 17.7 Å². The molecule has 0 saturated heterocycles. The molecular weight excluding hydrogens is 216 g/mol. The number of rotatable bonds is 2. The van der Waals surface area contributed by atoms with Gasteiger partial charge in [-0.25, -0.2) is 4.98 Å². The number of hydrogen-bond acceptors (Lipinski definition) is 3. The van der Waals surface area contributed by atoms with Crippen molar-refractivity contribution in [3.8, 4) is 17.9 Å². The largest absolute Gasteiger partial charge is 0.468 e. The van der Waals surface area contributed by atoms with Crippen LogP contribution >= 0.6 is 0 Å². The second-order valence-corrected chi connectivity index (χ2v) is 4.86. The van der Waals surface area contributed by atoms with E-state index in [0.717, 1.165) is 0 Å². The van der Waals surface area contributed by atoms with Crippen LogP contribution in [0.3, 0.4) is 0 Å². The van der Waals surface area contributed by atoms with Crippen LogP contribution in [-0.4, -0.2) is 16.7 Å². The monoisotopic (exact) mass is 234 g/mol. The average molecular weight is 234 g/mol. The van der Waals surface area contributed by atoms with Gasteiger partial charge in [0, 0.05) is 17.2 Å². The minimum atomic E-state index is -0.141. The topological polar surface area (TPSA) is 44.1 Å². The Hall–Kier alpha value is -1.76. The first-order valence-electron chi connectivity index (χ1n) is 5.46. The standard InChI is InChI=1S/C13H18N2O2/c1-10-9-11(16)15(12(14-10)17-5)8-6-7-13(2,3)4/h9H,8H2,1-5H3. The third kappa shape index (κ3) is 3.95. The van der Waals surface area contributed by atoms with Gasteiger partial charge in [0.25, 0.3) is 11.6 Å². The van der Waals surface area contributed by atoms with Crippen molar-refractivity contribution >= 4 is 0 Å². The van der Waals surface area contributed by atoms with Gasteiger partial charge in [0.15, 0.2) is 0 Å². The van der Waals surface area contributed by atoms with E-state index in [1.54, 1.807) is 6.92 Å². The summed E-state index contributed by atoms with van der Waals surface area (Å²) >= 11 is 0. The van der Waals surface area contributed by atoms with Crippen LogP contribution in [0, 0.1) is 24.2 Å². The number of aromatic nitrogens is 2. The molecule has 92 valence electrons. The van der Waals surface area contributed by atoms with E-state index >= 15 is 0 Å². The zero-order valence-electron chi connectivity index (χ0n) is 11.0. The van der Waals surface area contributed by atoms with Crippen molar-refractivity contribution in [2.45, 2.75) is 34.2 Å². The fourth-order valence-corrected chi connectivity index (χ4v) is 1.28. The van der Waals surface area contributed by atoms with Crippen LogP contribution in [0.5, 0.6) is 6.01 Å². The number of ether oxygens (including phenoxy) is 1. The summed E-state index contributed by atoms with van der Waals surface area (Å²) in [6, 6.07) is 1.78. The smallest absolute Gasteiger partial charge is 0.299 e. The van der Waals surface area contributed by atoms with Crippen molar-refractivity contribution < 1.29 is 4.74 Å². The molecule has 0 saturated carbocycles. The highest BCUT2D eigenvalue weighted by Crippen LogP contribution is 2.10. The summed E-state index contributed by atoms with van der Waals surface area (Å²) in [5.41, 5.74) is 0.430. The van der Waals surface area contributed by atoms with Crippen LogP contribution in [0.25, 0.3) is 0 Å². The fraction of sp³-hybridized carbons (Fsp3) is 0.538. The lowest BCUT2D eigenvalue weighted by atomic mass is 9.98. The van der Waals surface area contributed by atoms with Crippen LogP contribution in [0.2, 0.25) is 0 Å². The summed E-state index contributed by atoms with van der Waals surface area (Å²) in [4.78, 5) is 15.9. The lowest BCUT2D eigenvalue weighted by Crippen LogP contribution is -2.22. The van der Waals surface area contributed by atoms with Gasteiger partial charge in [-0.15, -0.1) is 0 Å². The summed E-state index contributed by atoms with van der Waals surface area (Å²) in [7, 11) is 1.49. The van der Waals surface area contributed by atoms with Gasteiger partial charge in [0.05, 0.1) is 13.7 Å². The molecule has 0 aromatic carbocycles. The minimum absolute atomic E-state index is 0.0744. The molecule has 4 nitrogen and oxygen atoms in total. The molecule has 0 bridgehead atoms. The van der Waals surface area contributed by atoms with Crippen LogP contribution in [0.15, 0.2) is 10.9 Å². The Balaban J connectivity index is 3.06. The summed E-state index contributed by atoms with van der Waals surface area (Å²) in [5.74, 6) is 6.04. The SMILES string of the molecule is COc1nc(C)cc(=O)n1CC#CC(C)(C)C. The molecule has 1 rings (SSSR count). The predicted octanol–water partition coefficient (Wildman–Crippen LogP) is 1.61. The average Bonchev–Trinajstić information content (AvgIpc) is 2.18. The van der Waals surface area contributed by atoms with Gasteiger partial charge in [-0.3, -0.25) is 9.36 Å². The minimum Gasteiger partial charge on any atom is -0.468 e. The first-order chi connectivity index (χ1) is 7.83. The molecule has 0 N–H and O–H groups in total. The highest BCUT2D eigenvalue weighted by Gasteiger charge is 2.07. The predicted molar refractivity (Wildman–Crippen MR) is 67.0 cm³/mol. The first-order valence-corrected chi connectivity index (χ1v) is 5.46. The zero-order chi connectivity index (χ0) is 13.1. The Morgan fingerprint density at radius 1 is 1.47 bits per heavy atom. The van der Waals surface area contributed by atoms with E-state index in [4.69, 9.17) is 4.74 Å². The Bertz CT molecular complexity index is 513. The molecule has 0 aliphatic heterocycles. The van der Waals surface area contributed by atoms with Gasteiger partial charge < -0.3 is 4.74 Å². The van der Waals surface area contributed by atoms with Gasteiger partial charge in [0.2, 0.25) is 0 Å². The molecular formula is C13H18N2O2. The maximum atomic E-state index is 11.8. The molecule has 0 aliphatic rings. The van der Waals surface area contributed by atoms with E-state index in [9.17, 15) is 4.79 Å². The maximum Gasteiger partial charge on any atom is 0.299 e. The van der Waals surface area contributed by atoms with Crippen LogP contribution in [0.1, 0.15) is 26.5 Å². The molecule has 17 heavy (non-hydrogen) atoms. The molecule has 1 aromatic rings. The van der Waals surface area contributed by atoms with Gasteiger partial charge in [-0.2, -0.15) is 0 Å². The van der Waals surface area contributed by atoms with Crippen LogP contribution in [0.4, 0.5) is 0 Å². The summed E-state index contributed by atoms with van der Waals surface area (Å²) in [6.45, 7) is 8.12. The zero-order valence-corrected chi connectivity index (χ0v) is 11.0. The number of aryl methyl sites for hydroxylation is 1. The van der Waals surface area contributed by atoms with E-state index in [1.807, 2.05) is 20.8 Å². The molecule has 0 spiro atoms. The van der Waals surface area contributed by atoms with Crippen molar-refractivity contribution in [3.05, 3.63) is 22.1 Å². The Kier molecular flexibility index (Phi) is 3.95. The molecule has 0 amide bonds. The lowest BCUT2D eigenvalue weighted by Gasteiger charge is -2.09. The normalized spacial score (nSPS) is 10.6. The summed E-state index contributed by atoms with van der Waals surface area (Å²) < 4.78 is 6.50. The van der Waals surface area contributed by atoms with Crippen molar-refractivity contribution in [3.63, 3.8) is 0 Å². The molecule has 1 heterocycles. The Labute approximate surface area is 102 Å². The van der Waals surface area contributed by atoms with Crippen molar-refractivity contribution in [2.75, 3.05) is 7.11 Å². The second-order valence-electron chi connectivity index (χ2n) is 4.86. The van der Waals surface area contributed by atoms with E-state index in [0.29, 0.717) is 18.2 Å². The number of hydrogen-bond donors (Lipinski definition) is 0. The van der Waals surface area contributed by atoms with E-state index in [-0.39, 0.29) is 11.0 Å². The third-order valence-corrected chi connectivity index (χ3v) is 1.98. The molecule has 0 unspecified atom stereocenters. The van der Waals surface area contributed by atoms with E-state index in [2.05, 4.69) is 16.8 Å². The molecule has 0 aliphatic carbocycles. The lowest BCUT2D eigenvalue weighted by molar-refractivity contribution is 0.351. The van der Waals surface area contributed by atoms with Crippen LogP contribution in [-0.2, 0) is 6.54 Å². The van der Waals surface area contributed by atoms with Gasteiger partial charge in [-0.1, -0.05) is 11.8 Å². The Morgan fingerprint density at radius 2 is 2.12 bits per heavy atom.